The van der Waals surface area contributed by atoms with E-state index in [1.165, 1.54) is 12.8 Å². The zero-order chi connectivity index (χ0) is 20.0. The standard InChI is InChI=1S/C22H25BrN2O4/c23-10-17(28)24-22-6-5-15(27)20-21(22)7-8-25(11-12-1-2-12)16(22)9-13-3-4-14(26)19(29-20)18(13)21/h3-4,12,16,20,26H,1-2,5-11H2,(H,24,28)/t16-,20+,21+,22-/m1/s1. The van der Waals surface area contributed by atoms with Gasteiger partial charge in [-0.05, 0) is 56.2 Å². The summed E-state index contributed by atoms with van der Waals surface area (Å²) in [5.74, 6) is 1.36. The van der Waals surface area contributed by atoms with Crippen LogP contribution in [0.15, 0.2) is 12.1 Å². The predicted octanol–water partition coefficient (Wildman–Crippen LogP) is 2.04. The second-order valence-corrected chi connectivity index (χ2v) is 10.0. The van der Waals surface area contributed by atoms with Gasteiger partial charge >= 0.3 is 0 Å². The van der Waals surface area contributed by atoms with Gasteiger partial charge in [0, 0.05) is 24.6 Å². The molecule has 2 saturated carbocycles. The normalized spacial score (nSPS) is 37.1. The quantitative estimate of drug-likeness (QED) is 0.672. The number of aromatic hydroxyl groups is 1. The fourth-order valence-electron chi connectivity index (χ4n) is 6.84. The zero-order valence-corrected chi connectivity index (χ0v) is 17.8. The number of phenolic OH excluding ortho intramolecular Hbond substituents is 1. The fraction of sp³-hybridized carbons (Fsp3) is 0.636. The molecule has 1 saturated heterocycles. The Morgan fingerprint density at radius 1 is 1.34 bits per heavy atom. The van der Waals surface area contributed by atoms with Crippen molar-refractivity contribution in [3.8, 4) is 11.5 Å². The molecule has 1 spiro atoms. The van der Waals surface area contributed by atoms with E-state index in [1.54, 1.807) is 6.07 Å². The minimum absolute atomic E-state index is 0.0483. The van der Waals surface area contributed by atoms with Gasteiger partial charge < -0.3 is 15.2 Å². The molecule has 2 aliphatic heterocycles. The van der Waals surface area contributed by atoms with Crippen LogP contribution in [0.4, 0.5) is 0 Å². The van der Waals surface area contributed by atoms with Gasteiger partial charge in [-0.3, -0.25) is 14.5 Å². The average Bonchev–Trinajstić information content (AvgIpc) is 3.45. The van der Waals surface area contributed by atoms with Gasteiger partial charge in [0.25, 0.3) is 0 Å². The van der Waals surface area contributed by atoms with Crippen LogP contribution in [0, 0.1) is 5.92 Å². The highest BCUT2D eigenvalue weighted by Crippen LogP contribution is 2.65. The van der Waals surface area contributed by atoms with Crippen LogP contribution in [0.25, 0.3) is 0 Å². The van der Waals surface area contributed by atoms with E-state index in [9.17, 15) is 14.7 Å². The summed E-state index contributed by atoms with van der Waals surface area (Å²) in [6.45, 7) is 1.96. The molecule has 0 radical (unpaired) electrons. The molecule has 0 unspecified atom stereocenters. The number of amides is 1. The number of hydrogen-bond donors (Lipinski definition) is 2. The molecule has 6 rings (SSSR count). The number of piperidine rings is 1. The Kier molecular flexibility index (Phi) is 3.75. The summed E-state index contributed by atoms with van der Waals surface area (Å²) >= 11 is 3.32. The lowest BCUT2D eigenvalue weighted by atomic mass is 9.47. The van der Waals surface area contributed by atoms with E-state index in [2.05, 4.69) is 26.1 Å². The molecule has 3 aliphatic carbocycles. The number of nitrogens with one attached hydrogen (secondary N) is 1. The van der Waals surface area contributed by atoms with E-state index in [-0.39, 0.29) is 28.8 Å². The van der Waals surface area contributed by atoms with Crippen molar-refractivity contribution in [2.45, 2.75) is 61.6 Å². The number of carbonyl (C=O) groups excluding carboxylic acids is 2. The van der Waals surface area contributed by atoms with Crippen LogP contribution in [0.2, 0.25) is 0 Å². The number of benzene rings is 1. The molecule has 1 aromatic carbocycles. The maximum atomic E-state index is 13.1. The van der Waals surface area contributed by atoms with E-state index >= 15 is 0 Å². The maximum Gasteiger partial charge on any atom is 0.231 e. The number of ether oxygens (including phenoxy) is 1. The molecule has 5 aliphatic rings. The number of halogens is 1. The summed E-state index contributed by atoms with van der Waals surface area (Å²) in [4.78, 5) is 28.4. The van der Waals surface area contributed by atoms with E-state index in [4.69, 9.17) is 4.74 Å². The van der Waals surface area contributed by atoms with Crippen molar-refractivity contribution in [3.63, 3.8) is 0 Å². The molecular weight excluding hydrogens is 436 g/mol. The SMILES string of the molecule is O=C(CBr)N[C@@]12CCC(=O)[C@@H]3Oc4c(O)ccc5c4[C@@]31CCN(CC1CC1)[C@@H]2C5. The first kappa shape index (κ1) is 18.2. The Hall–Kier alpha value is -1.60. The van der Waals surface area contributed by atoms with Gasteiger partial charge in [-0.1, -0.05) is 22.0 Å². The third kappa shape index (κ3) is 2.21. The Morgan fingerprint density at radius 3 is 2.93 bits per heavy atom. The van der Waals surface area contributed by atoms with Crippen molar-refractivity contribution in [1.82, 2.24) is 10.2 Å². The molecule has 7 heteroatoms. The Labute approximate surface area is 178 Å². The fourth-order valence-corrected chi connectivity index (χ4v) is 6.99. The molecule has 154 valence electrons. The van der Waals surface area contributed by atoms with Gasteiger partial charge in [0.05, 0.1) is 16.3 Å². The van der Waals surface area contributed by atoms with Crippen LogP contribution in [-0.2, 0) is 21.4 Å². The van der Waals surface area contributed by atoms with Gasteiger partial charge in [-0.2, -0.15) is 0 Å². The van der Waals surface area contributed by atoms with E-state index < -0.39 is 17.1 Å². The van der Waals surface area contributed by atoms with Crippen LogP contribution in [0.1, 0.15) is 43.2 Å². The van der Waals surface area contributed by atoms with Crippen molar-refractivity contribution in [1.29, 1.82) is 0 Å². The number of nitrogens with zero attached hydrogens (tertiary/aromatic N) is 1. The summed E-state index contributed by atoms with van der Waals surface area (Å²) < 4.78 is 6.21. The summed E-state index contributed by atoms with van der Waals surface area (Å²) in [7, 11) is 0. The van der Waals surface area contributed by atoms with Crippen molar-refractivity contribution in [3.05, 3.63) is 23.3 Å². The predicted molar refractivity (Wildman–Crippen MR) is 110 cm³/mol. The number of ketones is 1. The Balaban J connectivity index is 1.59. The second-order valence-electron chi connectivity index (χ2n) is 9.44. The lowest BCUT2D eigenvalue weighted by Crippen LogP contribution is -2.82. The van der Waals surface area contributed by atoms with Gasteiger partial charge in [-0.15, -0.1) is 0 Å². The van der Waals surface area contributed by atoms with E-state index in [0.29, 0.717) is 18.6 Å². The van der Waals surface area contributed by atoms with Gasteiger partial charge in [0.2, 0.25) is 5.91 Å². The number of hydrogen-bond acceptors (Lipinski definition) is 5. The van der Waals surface area contributed by atoms with Gasteiger partial charge in [0.15, 0.2) is 23.4 Å². The molecule has 6 nitrogen and oxygen atoms in total. The molecule has 1 amide bonds. The monoisotopic (exact) mass is 460 g/mol. The number of phenols is 1. The first-order chi connectivity index (χ1) is 14.0. The van der Waals surface area contributed by atoms with Crippen molar-refractivity contribution in [2.75, 3.05) is 18.4 Å². The molecular formula is C22H25BrN2O4. The molecule has 2 N–H and O–H groups in total. The Bertz CT molecular complexity index is 932. The van der Waals surface area contributed by atoms with Crippen molar-refractivity contribution >= 4 is 27.6 Å². The van der Waals surface area contributed by atoms with Crippen LogP contribution in [-0.4, -0.2) is 57.8 Å². The van der Waals surface area contributed by atoms with Gasteiger partial charge in [0.1, 0.15) is 0 Å². The lowest BCUT2D eigenvalue weighted by Gasteiger charge is -2.65. The third-order valence-corrected chi connectivity index (χ3v) is 8.61. The summed E-state index contributed by atoms with van der Waals surface area (Å²) in [6.07, 6.45) is 4.54. The molecule has 2 bridgehead atoms. The minimum Gasteiger partial charge on any atom is -0.504 e. The van der Waals surface area contributed by atoms with Crippen LogP contribution in [0.5, 0.6) is 11.5 Å². The highest BCUT2D eigenvalue weighted by molar-refractivity contribution is 9.09. The highest BCUT2D eigenvalue weighted by Gasteiger charge is 2.73. The number of alkyl halides is 1. The van der Waals surface area contributed by atoms with Crippen LogP contribution >= 0.6 is 15.9 Å². The molecule has 1 aromatic rings. The Morgan fingerprint density at radius 2 is 2.17 bits per heavy atom. The number of Topliss-reactive ketones (excluding diaryl/α,β-unsaturated/α-hetero) is 1. The molecule has 2 heterocycles. The number of rotatable bonds is 4. The highest BCUT2D eigenvalue weighted by atomic mass is 79.9. The smallest absolute Gasteiger partial charge is 0.231 e. The first-order valence-corrected chi connectivity index (χ1v) is 11.8. The first-order valence-electron chi connectivity index (χ1n) is 10.7. The molecule has 0 aromatic heterocycles. The average molecular weight is 461 g/mol. The lowest BCUT2D eigenvalue weighted by molar-refractivity contribution is -0.149. The van der Waals surface area contributed by atoms with Gasteiger partial charge in [-0.25, -0.2) is 0 Å². The van der Waals surface area contributed by atoms with Crippen molar-refractivity contribution < 1.29 is 19.4 Å². The second kappa shape index (κ2) is 5.97. The van der Waals surface area contributed by atoms with E-state index in [1.807, 2.05) is 6.07 Å². The zero-order valence-electron chi connectivity index (χ0n) is 16.2. The summed E-state index contributed by atoms with van der Waals surface area (Å²) in [5.41, 5.74) is 0.999. The molecule has 3 fully saturated rings. The summed E-state index contributed by atoms with van der Waals surface area (Å²) in [6, 6.07) is 3.82. The largest absolute Gasteiger partial charge is 0.504 e. The van der Waals surface area contributed by atoms with Crippen LogP contribution < -0.4 is 10.1 Å². The number of likely N-dealkylation sites (tertiary alicyclic amines) is 1. The minimum atomic E-state index is -0.625. The maximum absolute atomic E-state index is 13.1. The van der Waals surface area contributed by atoms with E-state index in [0.717, 1.165) is 43.0 Å². The summed E-state index contributed by atoms with van der Waals surface area (Å²) in [5, 5.41) is 14.2. The third-order valence-electron chi connectivity index (χ3n) is 8.10. The molecule has 4 atom stereocenters. The topological polar surface area (TPSA) is 78.9 Å². The number of carbonyl (C=O) groups is 2. The van der Waals surface area contributed by atoms with Crippen molar-refractivity contribution in [2.24, 2.45) is 5.92 Å². The van der Waals surface area contributed by atoms with Crippen LogP contribution in [0.3, 0.4) is 0 Å². The molecule has 29 heavy (non-hydrogen) atoms.